The zero-order valence-electron chi connectivity index (χ0n) is 18.0. The van der Waals surface area contributed by atoms with Gasteiger partial charge in [0, 0.05) is 36.2 Å². The molecule has 0 radical (unpaired) electrons. The van der Waals surface area contributed by atoms with E-state index in [2.05, 4.69) is 10.3 Å². The molecule has 2 amide bonds. The summed E-state index contributed by atoms with van der Waals surface area (Å²) < 4.78 is 0. The number of H-pyrrole nitrogens is 1. The number of benzene rings is 1. The highest BCUT2D eigenvalue weighted by molar-refractivity contribution is 6.07. The normalized spacial score (nSPS) is 20.2. The zero-order chi connectivity index (χ0) is 20.8. The number of aromatic nitrogens is 1. The van der Waals surface area contributed by atoms with Crippen molar-refractivity contribution < 1.29 is 9.59 Å². The number of rotatable bonds is 3. The summed E-state index contributed by atoms with van der Waals surface area (Å²) in [5, 5.41) is 4.26. The van der Waals surface area contributed by atoms with Crippen molar-refractivity contribution in [1.82, 2.24) is 15.2 Å². The lowest BCUT2D eigenvalue weighted by atomic mass is 9.95. The maximum atomic E-state index is 12.8. The van der Waals surface area contributed by atoms with E-state index in [1.165, 1.54) is 57.8 Å². The molecule has 0 atom stereocenters. The van der Waals surface area contributed by atoms with E-state index < -0.39 is 0 Å². The Bertz CT molecular complexity index is 841. The van der Waals surface area contributed by atoms with Crippen LogP contribution in [0.1, 0.15) is 81.0 Å². The summed E-state index contributed by atoms with van der Waals surface area (Å²) in [6.07, 6.45) is 15.7. The number of aromatic amines is 1. The number of hydrogen-bond donors (Lipinski definition) is 2. The second-order valence-electron chi connectivity index (χ2n) is 9.12. The smallest absolute Gasteiger partial charge is 0.256 e. The Morgan fingerprint density at radius 3 is 2.13 bits per heavy atom. The van der Waals surface area contributed by atoms with Crippen molar-refractivity contribution in [3.05, 3.63) is 36.0 Å². The number of nitrogens with one attached hydrogen (secondary N) is 2. The van der Waals surface area contributed by atoms with Crippen molar-refractivity contribution in [2.75, 3.05) is 13.1 Å². The monoisotopic (exact) mass is 409 g/mol. The molecule has 0 bridgehead atoms. The first kappa shape index (κ1) is 21.0. The standard InChI is InChI=1S/C25H35N3O2/c29-24(27-20-12-8-6-4-2-1-3-5-7-9-13-20)19-17-28(18-19)25(30)22-16-26-23-15-11-10-14-21(22)23/h10-11,14-16,19-20,26H,1-9,12-13,17-18H2,(H,27,29). The first-order valence-corrected chi connectivity index (χ1v) is 11.9. The molecule has 162 valence electrons. The van der Waals surface area contributed by atoms with Crippen LogP contribution in [-0.4, -0.2) is 40.8 Å². The molecular weight excluding hydrogens is 374 g/mol. The second-order valence-corrected chi connectivity index (χ2v) is 9.12. The topological polar surface area (TPSA) is 65.2 Å². The minimum absolute atomic E-state index is 0.0162. The fourth-order valence-electron chi connectivity index (χ4n) is 4.86. The third-order valence-corrected chi connectivity index (χ3v) is 6.81. The molecule has 1 aromatic heterocycles. The van der Waals surface area contributed by atoms with Crippen LogP contribution < -0.4 is 5.32 Å². The number of carbonyl (C=O) groups excluding carboxylic acids is 2. The maximum Gasteiger partial charge on any atom is 0.256 e. The van der Waals surface area contributed by atoms with Crippen LogP contribution in [0.25, 0.3) is 10.9 Å². The van der Waals surface area contributed by atoms with Crippen molar-refractivity contribution in [2.45, 2.75) is 76.7 Å². The predicted octanol–water partition coefficient (Wildman–Crippen LogP) is 5.03. The molecule has 2 aliphatic rings. The van der Waals surface area contributed by atoms with Gasteiger partial charge in [0.2, 0.25) is 5.91 Å². The van der Waals surface area contributed by atoms with Crippen LogP contribution in [0.2, 0.25) is 0 Å². The number of para-hydroxylation sites is 1. The molecule has 1 saturated heterocycles. The van der Waals surface area contributed by atoms with E-state index in [1.807, 2.05) is 24.3 Å². The van der Waals surface area contributed by atoms with E-state index in [-0.39, 0.29) is 17.7 Å². The van der Waals surface area contributed by atoms with E-state index in [1.54, 1.807) is 11.1 Å². The molecule has 4 rings (SSSR count). The van der Waals surface area contributed by atoms with Gasteiger partial charge < -0.3 is 15.2 Å². The molecular formula is C25H35N3O2. The highest BCUT2D eigenvalue weighted by Crippen LogP contribution is 2.25. The Morgan fingerprint density at radius 2 is 1.47 bits per heavy atom. The lowest BCUT2D eigenvalue weighted by Gasteiger charge is -2.39. The summed E-state index contributed by atoms with van der Waals surface area (Å²) in [4.78, 5) is 30.6. The number of likely N-dealkylation sites (tertiary alicyclic amines) is 1. The maximum absolute atomic E-state index is 12.8. The van der Waals surface area contributed by atoms with Crippen molar-refractivity contribution >= 4 is 22.7 Å². The molecule has 0 spiro atoms. The average molecular weight is 410 g/mol. The number of carbonyl (C=O) groups is 2. The molecule has 0 unspecified atom stereocenters. The molecule has 2 fully saturated rings. The molecule has 2 aromatic rings. The van der Waals surface area contributed by atoms with Crippen molar-refractivity contribution in [1.29, 1.82) is 0 Å². The van der Waals surface area contributed by atoms with Gasteiger partial charge in [-0.3, -0.25) is 9.59 Å². The summed E-state index contributed by atoms with van der Waals surface area (Å²) in [5.41, 5.74) is 1.67. The highest BCUT2D eigenvalue weighted by atomic mass is 16.2. The number of amides is 2. The van der Waals surface area contributed by atoms with E-state index in [4.69, 9.17) is 0 Å². The van der Waals surface area contributed by atoms with Gasteiger partial charge >= 0.3 is 0 Å². The van der Waals surface area contributed by atoms with Crippen LogP contribution >= 0.6 is 0 Å². The Balaban J connectivity index is 1.27. The van der Waals surface area contributed by atoms with Gasteiger partial charge in [0.1, 0.15) is 0 Å². The lowest BCUT2D eigenvalue weighted by Crippen LogP contribution is -2.56. The van der Waals surface area contributed by atoms with Crippen LogP contribution in [0.3, 0.4) is 0 Å². The quantitative estimate of drug-likeness (QED) is 0.747. The molecule has 2 N–H and O–H groups in total. The molecule has 1 saturated carbocycles. The average Bonchev–Trinajstić information content (AvgIpc) is 3.13. The Hall–Kier alpha value is -2.30. The predicted molar refractivity (Wildman–Crippen MR) is 120 cm³/mol. The Labute approximate surface area is 179 Å². The number of hydrogen-bond acceptors (Lipinski definition) is 2. The minimum atomic E-state index is -0.0689. The van der Waals surface area contributed by atoms with Gasteiger partial charge in [-0.1, -0.05) is 76.0 Å². The third-order valence-electron chi connectivity index (χ3n) is 6.81. The zero-order valence-corrected chi connectivity index (χ0v) is 18.0. The number of nitrogens with zero attached hydrogens (tertiary/aromatic N) is 1. The fraction of sp³-hybridized carbons (Fsp3) is 0.600. The largest absolute Gasteiger partial charge is 0.360 e. The van der Waals surface area contributed by atoms with Gasteiger partial charge in [-0.2, -0.15) is 0 Å². The summed E-state index contributed by atoms with van der Waals surface area (Å²) in [6.45, 7) is 1.05. The summed E-state index contributed by atoms with van der Waals surface area (Å²) >= 11 is 0. The van der Waals surface area contributed by atoms with E-state index >= 15 is 0 Å². The summed E-state index contributed by atoms with van der Waals surface area (Å²) in [7, 11) is 0. The molecule has 5 heteroatoms. The molecule has 30 heavy (non-hydrogen) atoms. The van der Waals surface area contributed by atoms with Gasteiger partial charge in [0.15, 0.2) is 0 Å². The number of fused-ring (bicyclic) bond motifs is 1. The summed E-state index contributed by atoms with van der Waals surface area (Å²) in [6, 6.07) is 8.14. The van der Waals surface area contributed by atoms with Gasteiger partial charge in [0.25, 0.3) is 5.91 Å². The Morgan fingerprint density at radius 1 is 0.867 bits per heavy atom. The van der Waals surface area contributed by atoms with Crippen LogP contribution in [0, 0.1) is 5.92 Å². The highest BCUT2D eigenvalue weighted by Gasteiger charge is 2.37. The Kier molecular flexibility index (Phi) is 7.08. The molecule has 5 nitrogen and oxygen atoms in total. The first-order chi connectivity index (χ1) is 14.7. The molecule has 1 aliphatic heterocycles. The molecule has 2 heterocycles. The first-order valence-electron chi connectivity index (χ1n) is 11.9. The SMILES string of the molecule is O=C(NC1CCCCCCCCCCC1)C1CN(C(=O)c2c[nH]c3ccccc23)C1. The van der Waals surface area contributed by atoms with Crippen molar-refractivity contribution in [3.8, 4) is 0 Å². The minimum Gasteiger partial charge on any atom is -0.360 e. The van der Waals surface area contributed by atoms with Gasteiger partial charge in [-0.05, 0) is 18.9 Å². The van der Waals surface area contributed by atoms with Crippen LogP contribution in [0.5, 0.6) is 0 Å². The van der Waals surface area contributed by atoms with Crippen LogP contribution in [0.15, 0.2) is 30.5 Å². The van der Waals surface area contributed by atoms with Gasteiger partial charge in [0.05, 0.1) is 11.5 Å². The van der Waals surface area contributed by atoms with Gasteiger partial charge in [-0.25, -0.2) is 0 Å². The van der Waals surface area contributed by atoms with E-state index in [0.29, 0.717) is 24.7 Å². The lowest BCUT2D eigenvalue weighted by molar-refractivity contribution is -0.129. The molecule has 1 aliphatic carbocycles. The fourth-order valence-corrected chi connectivity index (χ4v) is 4.86. The third kappa shape index (κ3) is 5.05. The van der Waals surface area contributed by atoms with Crippen LogP contribution in [-0.2, 0) is 4.79 Å². The summed E-state index contributed by atoms with van der Waals surface area (Å²) in [5.74, 6) is 0.0816. The van der Waals surface area contributed by atoms with Gasteiger partial charge in [-0.15, -0.1) is 0 Å². The van der Waals surface area contributed by atoms with E-state index in [0.717, 1.165) is 23.7 Å². The molecule has 1 aromatic carbocycles. The van der Waals surface area contributed by atoms with E-state index in [9.17, 15) is 9.59 Å². The van der Waals surface area contributed by atoms with Crippen molar-refractivity contribution in [2.24, 2.45) is 5.92 Å². The van der Waals surface area contributed by atoms with Crippen molar-refractivity contribution in [3.63, 3.8) is 0 Å². The van der Waals surface area contributed by atoms with Crippen LogP contribution in [0.4, 0.5) is 0 Å². The second kappa shape index (κ2) is 10.1.